The lowest BCUT2D eigenvalue weighted by Gasteiger charge is -2.41. The van der Waals surface area contributed by atoms with Gasteiger partial charge in [0.1, 0.15) is 47.8 Å². The molecule has 7 rings (SSSR count). The molecule has 6 fully saturated rings. The van der Waals surface area contributed by atoms with E-state index >= 15 is 19.2 Å². The Labute approximate surface area is 592 Å². The number of nitrogens with zero attached hydrogens (tertiary/aromatic N) is 8. The first-order valence-corrected chi connectivity index (χ1v) is 36.8. The average molecular weight is 1430 g/mol. The van der Waals surface area contributed by atoms with E-state index in [0.717, 1.165) is 84.6 Å². The zero-order chi connectivity index (χ0) is 73.5. The van der Waals surface area contributed by atoms with Gasteiger partial charge in [0.15, 0.2) is 0 Å². The Morgan fingerprint density at radius 1 is 0.620 bits per heavy atom. The molecule has 1 aromatic carbocycles. The maximum absolute atomic E-state index is 15.6. The van der Waals surface area contributed by atoms with Crippen molar-refractivity contribution < 1.29 is 70.7 Å². The molecular weight excluding hydrogens is 1320 g/mol. The van der Waals surface area contributed by atoms with Crippen LogP contribution in [0.3, 0.4) is 0 Å². The number of alkyl halides is 3. The molecule has 0 radical (unpaired) electrons. The largest absolute Gasteiger partial charge is 0.417 e. The van der Waals surface area contributed by atoms with Crippen molar-refractivity contribution >= 4 is 82.5 Å². The van der Waals surface area contributed by atoms with Gasteiger partial charge in [-0.3, -0.25) is 57.5 Å². The average Bonchev–Trinajstić information content (AvgIpc) is 1.52. The highest BCUT2D eigenvalue weighted by atomic mass is 35.5. The van der Waals surface area contributed by atoms with Crippen molar-refractivity contribution in [2.75, 3.05) is 81.6 Å². The van der Waals surface area contributed by atoms with Crippen LogP contribution >= 0.6 is 11.6 Å². The number of rotatable bonds is 11. The van der Waals surface area contributed by atoms with E-state index in [9.17, 15) is 51.5 Å². The van der Waals surface area contributed by atoms with Crippen molar-refractivity contribution in [3.05, 3.63) is 34.3 Å². The summed E-state index contributed by atoms with van der Waals surface area (Å²) in [4.78, 5) is 189. The highest BCUT2D eigenvalue weighted by Crippen LogP contribution is 2.38. The predicted molar refractivity (Wildman–Crippen MR) is 369 cm³/mol. The number of carbonyl (C=O) groups is 12. The molecule has 3 aliphatic heterocycles. The second kappa shape index (κ2) is 36.2. The van der Waals surface area contributed by atoms with Crippen molar-refractivity contribution in [3.8, 4) is 0 Å². The highest BCUT2D eigenvalue weighted by Gasteiger charge is 2.51. The SMILES string of the molecule is CC[C@H](C)[C@@H]1NC(=O)[C@H](CC(C)C)N(C)C(=O)C[C@@H](C(=O)N2CCCCC2)NC(=O)[C@H](C2CCCCC2)N(C)C(=O)C2(CCCC2)NC(=O)C2CCCN2C(=O)[C@H](CCc2ccc(C(F)(F)F)c(Cl)c2)NC(=O)CN(C)C(=O)[C@H](CC2CCCCC2)N(C)C(=O)CN(C)C(=O)CN(C)C1=O. The lowest BCUT2D eigenvalue weighted by Crippen LogP contribution is -2.65. The van der Waals surface area contributed by atoms with Gasteiger partial charge >= 0.3 is 6.18 Å². The van der Waals surface area contributed by atoms with Gasteiger partial charge in [-0.2, -0.15) is 13.2 Å². The normalized spacial score (nSPS) is 26.8. The summed E-state index contributed by atoms with van der Waals surface area (Å²) in [6.07, 6.45) is 7.06. The molecule has 28 heteroatoms. The number of carbonyl (C=O) groups excluding carboxylic acids is 12. The fourth-order valence-corrected chi connectivity index (χ4v) is 15.9. The first kappa shape index (κ1) is 80.3. The van der Waals surface area contributed by atoms with Gasteiger partial charge in [-0.05, 0) is 125 Å². The number of halogens is 4. The van der Waals surface area contributed by atoms with Crippen LogP contribution in [-0.4, -0.2) is 239 Å². The summed E-state index contributed by atoms with van der Waals surface area (Å²) < 4.78 is 41.6. The van der Waals surface area contributed by atoms with Gasteiger partial charge in [-0.15, -0.1) is 0 Å². The Balaban J connectivity index is 1.28. The quantitative estimate of drug-likeness (QED) is 0.196. The highest BCUT2D eigenvalue weighted by molar-refractivity contribution is 6.31. The summed E-state index contributed by atoms with van der Waals surface area (Å²) >= 11 is 6.16. The number of hydrogen-bond donors (Lipinski definition) is 4. The van der Waals surface area contributed by atoms with Gasteiger partial charge in [0.25, 0.3) is 0 Å². The molecule has 1 unspecified atom stereocenters. The van der Waals surface area contributed by atoms with Crippen LogP contribution in [0, 0.1) is 23.7 Å². The second-order valence-electron chi connectivity index (χ2n) is 29.8. The Hall–Kier alpha value is -7.06. The van der Waals surface area contributed by atoms with Crippen LogP contribution in [0.25, 0.3) is 0 Å². The van der Waals surface area contributed by atoms with E-state index in [-0.39, 0.29) is 63.3 Å². The fourth-order valence-electron chi connectivity index (χ4n) is 15.6. The summed E-state index contributed by atoms with van der Waals surface area (Å²) in [6, 6.07) is -5.58. The van der Waals surface area contributed by atoms with Gasteiger partial charge in [0.2, 0.25) is 70.9 Å². The van der Waals surface area contributed by atoms with E-state index in [4.69, 9.17) is 11.6 Å². The lowest BCUT2D eigenvalue weighted by molar-refractivity contribution is -0.151. The van der Waals surface area contributed by atoms with Crippen molar-refractivity contribution in [1.29, 1.82) is 0 Å². The number of piperidine rings is 1. The van der Waals surface area contributed by atoms with Crippen LogP contribution in [0.5, 0.6) is 0 Å². The van der Waals surface area contributed by atoms with Gasteiger partial charge in [0, 0.05) is 61.9 Å². The summed E-state index contributed by atoms with van der Waals surface area (Å²) in [6.45, 7) is 6.44. The molecule has 12 amide bonds. The molecule has 1 aromatic rings. The van der Waals surface area contributed by atoms with Crippen LogP contribution in [0.4, 0.5) is 13.2 Å². The van der Waals surface area contributed by atoms with E-state index < -0.39 is 173 Å². The molecular formula is C72H110ClF3N12O12. The van der Waals surface area contributed by atoms with Gasteiger partial charge in [0.05, 0.1) is 36.6 Å². The molecule has 3 saturated heterocycles. The van der Waals surface area contributed by atoms with E-state index in [1.165, 1.54) is 68.0 Å². The molecule has 1 spiro atoms. The van der Waals surface area contributed by atoms with Crippen molar-refractivity contribution in [2.45, 2.75) is 242 Å². The number of likely N-dealkylation sites (N-methyl/N-ethyl adjacent to an activating group) is 6. The minimum atomic E-state index is -4.76. The molecule has 558 valence electrons. The van der Waals surface area contributed by atoms with Crippen LogP contribution in [0.2, 0.25) is 5.02 Å². The topological polar surface area (TPSA) is 279 Å². The smallest absolute Gasteiger partial charge is 0.343 e. The standard InChI is InChI=1S/C72H110ClF3N12O12/c1-11-46(4)61-69(99)83(7)43-59(91)81(5)44-60(92)85(9)56(40-47-24-15-12-16-25-47)68(98)82(6)42-57(89)77-52(32-30-48-29-31-50(51(73)39-48)72(74,75)76)67(97)88-37-23-28-54(88)64(94)80-71(33-19-20-34-71)70(100)86(10)62(49-26-17-13-18-27-49)65(95)78-53(66(96)87-35-21-14-22-36-87)41-58(90)84(8)55(38-45(2)3)63(93)79-61/h29,31,39,45-47,49,52-56,61-62H,11-28,30,32-38,40-44H2,1-10H3,(H,77,89)(H,78,95)(H,79,93)(H,80,94)/t46-,52-,53-,54?,55-,56-,61-,62-/m0/s1. The maximum Gasteiger partial charge on any atom is 0.417 e. The Morgan fingerprint density at radius 3 is 1.83 bits per heavy atom. The molecule has 0 bridgehead atoms. The summed E-state index contributed by atoms with van der Waals surface area (Å²) in [5.41, 5.74) is -2.33. The summed E-state index contributed by atoms with van der Waals surface area (Å²) in [5, 5.41) is 11.1. The van der Waals surface area contributed by atoms with Crippen LogP contribution in [-0.2, 0) is 70.1 Å². The first-order chi connectivity index (χ1) is 47.3. The van der Waals surface area contributed by atoms with Crippen LogP contribution < -0.4 is 21.3 Å². The van der Waals surface area contributed by atoms with Crippen LogP contribution in [0.1, 0.15) is 193 Å². The zero-order valence-electron chi connectivity index (χ0n) is 60.5. The summed E-state index contributed by atoms with van der Waals surface area (Å²) in [5.74, 6) is -8.85. The number of benzene rings is 1. The number of amides is 12. The molecule has 4 N–H and O–H groups in total. The Morgan fingerprint density at radius 2 is 1.22 bits per heavy atom. The summed E-state index contributed by atoms with van der Waals surface area (Å²) in [7, 11) is 8.53. The molecule has 3 saturated carbocycles. The van der Waals surface area contributed by atoms with E-state index in [0.29, 0.717) is 70.0 Å². The monoisotopic (exact) mass is 1430 g/mol. The minimum absolute atomic E-state index is 0.0201. The number of nitrogens with one attached hydrogen (secondary N) is 4. The van der Waals surface area contributed by atoms with E-state index in [1.807, 2.05) is 20.8 Å². The number of likely N-dealkylation sites (tertiary alicyclic amines) is 1. The molecule has 100 heavy (non-hydrogen) atoms. The van der Waals surface area contributed by atoms with Gasteiger partial charge < -0.3 is 60.5 Å². The first-order valence-electron chi connectivity index (χ1n) is 36.5. The van der Waals surface area contributed by atoms with Crippen LogP contribution in [0.15, 0.2) is 18.2 Å². The van der Waals surface area contributed by atoms with E-state index in [1.54, 1.807) is 11.8 Å². The maximum atomic E-state index is 15.6. The van der Waals surface area contributed by atoms with Crippen molar-refractivity contribution in [2.24, 2.45) is 23.7 Å². The lowest BCUT2D eigenvalue weighted by atomic mass is 9.82. The number of hydrogen-bond acceptors (Lipinski definition) is 12. The molecule has 0 aromatic heterocycles. The van der Waals surface area contributed by atoms with Crippen molar-refractivity contribution in [1.82, 2.24) is 60.5 Å². The predicted octanol–water partition coefficient (Wildman–Crippen LogP) is 6.08. The zero-order valence-corrected chi connectivity index (χ0v) is 61.2. The minimum Gasteiger partial charge on any atom is -0.343 e. The third kappa shape index (κ3) is 20.6. The third-order valence-corrected chi connectivity index (χ3v) is 22.2. The van der Waals surface area contributed by atoms with Crippen molar-refractivity contribution in [3.63, 3.8) is 0 Å². The molecule has 8 atom stereocenters. The molecule has 6 aliphatic rings. The Kier molecular flexibility index (Phi) is 29.0. The molecule has 24 nitrogen and oxygen atoms in total. The Bertz CT molecular complexity index is 3100. The van der Waals surface area contributed by atoms with Gasteiger partial charge in [-0.1, -0.05) is 116 Å². The fraction of sp³-hybridized carbons (Fsp3) is 0.750. The number of aryl methyl sites for hydroxylation is 1. The van der Waals surface area contributed by atoms with E-state index in [2.05, 4.69) is 21.3 Å². The van der Waals surface area contributed by atoms with Gasteiger partial charge in [-0.25, -0.2) is 0 Å². The number of fused-ring (bicyclic) bond motifs is 1. The molecule has 3 heterocycles. The third-order valence-electron chi connectivity index (χ3n) is 21.9. The second-order valence-corrected chi connectivity index (χ2v) is 30.2. The molecule has 3 aliphatic carbocycles.